The van der Waals surface area contributed by atoms with Gasteiger partial charge in [-0.3, -0.25) is 4.98 Å². The number of aromatic nitrogens is 1. The molecule has 0 radical (unpaired) electrons. The van der Waals surface area contributed by atoms with Gasteiger partial charge in [-0.25, -0.2) is 0 Å². The summed E-state index contributed by atoms with van der Waals surface area (Å²) in [5, 5.41) is 3.49. The molecule has 0 atom stereocenters. The Hall–Kier alpha value is -1.13. The molecule has 4 heteroatoms. The maximum Gasteiger partial charge on any atom is 0.0641 e. The molecule has 4 nitrogen and oxygen atoms in total. The van der Waals surface area contributed by atoms with Crippen LogP contribution in [-0.4, -0.2) is 38.3 Å². The lowest BCUT2D eigenvalue weighted by Crippen LogP contribution is -2.26. The highest BCUT2D eigenvalue weighted by Gasteiger charge is 2.09. The zero-order valence-corrected chi connectivity index (χ0v) is 13.6. The Labute approximate surface area is 123 Å². The van der Waals surface area contributed by atoms with E-state index in [1.54, 1.807) is 0 Å². The number of aryl methyl sites for hydroxylation is 1. The number of pyridine rings is 1. The summed E-state index contributed by atoms with van der Waals surface area (Å²) in [7, 11) is 2.11. The molecule has 20 heavy (non-hydrogen) atoms. The predicted molar refractivity (Wildman–Crippen MR) is 85.3 cm³/mol. The maximum atomic E-state index is 5.44. The SMILES string of the molecule is CCOCCN(C)c1cc(C)ncc1CNCC(C)C. The quantitative estimate of drug-likeness (QED) is 0.705. The zero-order chi connectivity index (χ0) is 15.0. The van der Waals surface area contributed by atoms with Crippen molar-refractivity contribution in [2.45, 2.75) is 34.2 Å². The van der Waals surface area contributed by atoms with Crippen molar-refractivity contribution in [2.24, 2.45) is 5.92 Å². The first-order valence-corrected chi connectivity index (χ1v) is 7.49. The lowest BCUT2D eigenvalue weighted by Gasteiger charge is -2.23. The van der Waals surface area contributed by atoms with Gasteiger partial charge in [0, 0.05) is 49.9 Å². The Balaban J connectivity index is 2.68. The fourth-order valence-corrected chi connectivity index (χ4v) is 2.03. The van der Waals surface area contributed by atoms with E-state index in [2.05, 4.69) is 42.2 Å². The van der Waals surface area contributed by atoms with Gasteiger partial charge >= 0.3 is 0 Å². The van der Waals surface area contributed by atoms with Crippen molar-refractivity contribution < 1.29 is 4.74 Å². The largest absolute Gasteiger partial charge is 0.380 e. The van der Waals surface area contributed by atoms with Crippen LogP contribution >= 0.6 is 0 Å². The van der Waals surface area contributed by atoms with E-state index in [9.17, 15) is 0 Å². The first-order valence-electron chi connectivity index (χ1n) is 7.49. The average Bonchev–Trinajstić information content (AvgIpc) is 2.40. The number of nitrogens with zero attached hydrogens (tertiary/aromatic N) is 2. The monoisotopic (exact) mass is 279 g/mol. The van der Waals surface area contributed by atoms with Gasteiger partial charge in [-0.15, -0.1) is 0 Å². The van der Waals surface area contributed by atoms with E-state index in [0.717, 1.165) is 38.5 Å². The van der Waals surface area contributed by atoms with Crippen LogP contribution in [0, 0.1) is 12.8 Å². The Morgan fingerprint density at radius 3 is 2.80 bits per heavy atom. The molecule has 0 bridgehead atoms. The molecule has 0 saturated heterocycles. The highest BCUT2D eigenvalue weighted by atomic mass is 16.5. The minimum atomic E-state index is 0.660. The number of rotatable bonds is 9. The second kappa shape index (κ2) is 8.93. The zero-order valence-electron chi connectivity index (χ0n) is 13.6. The smallest absolute Gasteiger partial charge is 0.0641 e. The minimum absolute atomic E-state index is 0.660. The van der Waals surface area contributed by atoms with E-state index in [1.165, 1.54) is 11.3 Å². The van der Waals surface area contributed by atoms with Crippen LogP contribution in [0.1, 0.15) is 32.0 Å². The van der Waals surface area contributed by atoms with Crippen LogP contribution in [-0.2, 0) is 11.3 Å². The van der Waals surface area contributed by atoms with Crippen molar-refractivity contribution in [3.8, 4) is 0 Å². The van der Waals surface area contributed by atoms with Crippen LogP contribution in [0.5, 0.6) is 0 Å². The minimum Gasteiger partial charge on any atom is -0.380 e. The lowest BCUT2D eigenvalue weighted by molar-refractivity contribution is 0.154. The van der Waals surface area contributed by atoms with Crippen molar-refractivity contribution in [1.82, 2.24) is 10.3 Å². The Kier molecular flexibility index (Phi) is 7.55. The molecule has 0 aromatic carbocycles. The average molecular weight is 279 g/mol. The number of anilines is 1. The molecule has 0 unspecified atom stereocenters. The topological polar surface area (TPSA) is 37.4 Å². The molecule has 0 spiro atoms. The van der Waals surface area contributed by atoms with E-state index < -0.39 is 0 Å². The highest BCUT2D eigenvalue weighted by molar-refractivity contribution is 5.53. The summed E-state index contributed by atoms with van der Waals surface area (Å²) in [6.07, 6.45) is 1.98. The molecular formula is C16H29N3O. The molecule has 1 aromatic rings. The molecule has 0 aliphatic heterocycles. The van der Waals surface area contributed by atoms with Crippen LogP contribution in [0.15, 0.2) is 12.3 Å². The van der Waals surface area contributed by atoms with Crippen LogP contribution in [0.4, 0.5) is 5.69 Å². The van der Waals surface area contributed by atoms with Gasteiger partial charge in [0.1, 0.15) is 0 Å². The summed E-state index contributed by atoms with van der Waals surface area (Å²) >= 11 is 0. The third-order valence-electron chi connectivity index (χ3n) is 3.15. The maximum absolute atomic E-state index is 5.44. The molecule has 0 fully saturated rings. The number of nitrogens with one attached hydrogen (secondary N) is 1. The molecule has 0 aliphatic carbocycles. The van der Waals surface area contributed by atoms with Gasteiger partial charge in [-0.05, 0) is 32.4 Å². The van der Waals surface area contributed by atoms with Crippen LogP contribution < -0.4 is 10.2 Å². The second-order valence-corrected chi connectivity index (χ2v) is 5.60. The Morgan fingerprint density at radius 1 is 1.40 bits per heavy atom. The van der Waals surface area contributed by atoms with Gasteiger partial charge in [0.2, 0.25) is 0 Å². The molecule has 1 heterocycles. The Morgan fingerprint density at radius 2 is 2.15 bits per heavy atom. The van der Waals surface area contributed by atoms with Crippen molar-refractivity contribution in [3.63, 3.8) is 0 Å². The standard InChI is InChI=1S/C16H29N3O/c1-6-20-8-7-19(5)16-9-14(4)18-12-15(16)11-17-10-13(2)3/h9,12-13,17H,6-8,10-11H2,1-5H3. The van der Waals surface area contributed by atoms with Gasteiger partial charge in [0.15, 0.2) is 0 Å². The Bertz CT molecular complexity index is 393. The third kappa shape index (κ3) is 5.88. The van der Waals surface area contributed by atoms with E-state index in [1.807, 2.05) is 20.0 Å². The van der Waals surface area contributed by atoms with Gasteiger partial charge < -0.3 is 15.0 Å². The van der Waals surface area contributed by atoms with Gasteiger partial charge in [0.25, 0.3) is 0 Å². The van der Waals surface area contributed by atoms with Crippen LogP contribution in [0.3, 0.4) is 0 Å². The normalized spacial score (nSPS) is 11.1. The predicted octanol–water partition coefficient (Wildman–Crippen LogP) is 2.61. The molecule has 1 N–H and O–H groups in total. The highest BCUT2D eigenvalue weighted by Crippen LogP contribution is 2.19. The number of hydrogen-bond acceptors (Lipinski definition) is 4. The second-order valence-electron chi connectivity index (χ2n) is 5.60. The van der Waals surface area contributed by atoms with Gasteiger partial charge in [-0.2, -0.15) is 0 Å². The number of hydrogen-bond donors (Lipinski definition) is 1. The summed E-state index contributed by atoms with van der Waals surface area (Å²) in [5.74, 6) is 0.660. The molecule has 114 valence electrons. The first-order chi connectivity index (χ1) is 9.54. The fourth-order valence-electron chi connectivity index (χ4n) is 2.03. The summed E-state index contributed by atoms with van der Waals surface area (Å²) in [6.45, 7) is 12.8. The summed E-state index contributed by atoms with van der Waals surface area (Å²) < 4.78 is 5.44. The summed E-state index contributed by atoms with van der Waals surface area (Å²) in [6, 6.07) is 2.15. The van der Waals surface area contributed by atoms with E-state index in [4.69, 9.17) is 4.74 Å². The summed E-state index contributed by atoms with van der Waals surface area (Å²) in [5.41, 5.74) is 3.54. The first kappa shape index (κ1) is 16.9. The lowest BCUT2D eigenvalue weighted by atomic mass is 10.1. The van der Waals surface area contributed by atoms with E-state index in [0.29, 0.717) is 5.92 Å². The molecule has 0 saturated carbocycles. The molecule has 1 rings (SSSR count). The van der Waals surface area contributed by atoms with Crippen molar-refractivity contribution in [1.29, 1.82) is 0 Å². The van der Waals surface area contributed by atoms with Crippen molar-refractivity contribution in [3.05, 3.63) is 23.5 Å². The van der Waals surface area contributed by atoms with Crippen molar-refractivity contribution >= 4 is 5.69 Å². The van der Waals surface area contributed by atoms with Crippen LogP contribution in [0.25, 0.3) is 0 Å². The molecule has 1 aromatic heterocycles. The molecule has 0 amide bonds. The van der Waals surface area contributed by atoms with Crippen molar-refractivity contribution in [2.75, 3.05) is 38.3 Å². The summed E-state index contributed by atoms with van der Waals surface area (Å²) in [4.78, 5) is 6.67. The number of likely N-dealkylation sites (N-methyl/N-ethyl adjacent to an activating group) is 1. The molecular weight excluding hydrogens is 250 g/mol. The third-order valence-corrected chi connectivity index (χ3v) is 3.15. The van der Waals surface area contributed by atoms with E-state index >= 15 is 0 Å². The van der Waals surface area contributed by atoms with Crippen LogP contribution in [0.2, 0.25) is 0 Å². The molecule has 0 aliphatic rings. The fraction of sp³-hybridized carbons (Fsp3) is 0.688. The van der Waals surface area contributed by atoms with Gasteiger partial charge in [-0.1, -0.05) is 13.8 Å². The van der Waals surface area contributed by atoms with Gasteiger partial charge in [0.05, 0.1) is 6.61 Å². The number of ether oxygens (including phenoxy) is 1. The van der Waals surface area contributed by atoms with E-state index in [-0.39, 0.29) is 0 Å².